The van der Waals surface area contributed by atoms with Crippen LogP contribution in [-0.4, -0.2) is 52.2 Å². The first-order valence-corrected chi connectivity index (χ1v) is 8.08. The van der Waals surface area contributed by atoms with E-state index in [-0.39, 0.29) is 36.7 Å². The van der Waals surface area contributed by atoms with Gasteiger partial charge in [0.1, 0.15) is 6.61 Å². The Kier molecular flexibility index (Phi) is 4.84. The summed E-state index contributed by atoms with van der Waals surface area (Å²) in [4.78, 5) is 35.8. The number of nitrogens with zero attached hydrogens (tertiary/aromatic N) is 2. The van der Waals surface area contributed by atoms with Gasteiger partial charge in [-0.1, -0.05) is 0 Å². The Morgan fingerprint density at radius 1 is 1.40 bits per heavy atom. The van der Waals surface area contributed by atoms with Crippen molar-refractivity contribution in [3.8, 4) is 0 Å². The van der Waals surface area contributed by atoms with Crippen LogP contribution < -0.4 is 5.32 Å². The van der Waals surface area contributed by atoms with Crippen molar-refractivity contribution in [3.05, 3.63) is 39.9 Å². The summed E-state index contributed by atoms with van der Waals surface area (Å²) in [6.45, 7) is 0.669. The normalized spacial score (nSPS) is 25.7. The molecule has 0 spiro atoms. The van der Waals surface area contributed by atoms with Crippen LogP contribution in [0.5, 0.6) is 0 Å². The number of carbonyl (C=O) groups excluding carboxylic acids is 2. The molecule has 2 aliphatic rings. The van der Waals surface area contributed by atoms with E-state index in [1.54, 1.807) is 0 Å². The highest BCUT2D eigenvalue weighted by Crippen LogP contribution is 2.29. The molecule has 0 saturated carbocycles. The molecule has 2 fully saturated rings. The zero-order valence-corrected chi connectivity index (χ0v) is 13.5. The number of nitrogens with one attached hydrogen (secondary N) is 1. The van der Waals surface area contributed by atoms with E-state index in [0.717, 1.165) is 0 Å². The van der Waals surface area contributed by atoms with Crippen LogP contribution in [0.3, 0.4) is 0 Å². The molecule has 2 aliphatic heterocycles. The minimum Gasteiger partial charge on any atom is -0.445 e. The fraction of sp³-hybridized carbons (Fsp3) is 0.500. The highest BCUT2D eigenvalue weighted by molar-refractivity contribution is 5.82. The smallest absolute Gasteiger partial charge is 0.410 e. The molecule has 2 heterocycles. The number of nitro groups is 1. The molecule has 1 aromatic rings. The number of carbonyl (C=O) groups is 2. The van der Waals surface area contributed by atoms with Crippen LogP contribution in [0.1, 0.15) is 18.4 Å². The molecule has 25 heavy (non-hydrogen) atoms. The van der Waals surface area contributed by atoms with Crippen molar-refractivity contribution in [2.75, 3.05) is 13.1 Å². The summed E-state index contributed by atoms with van der Waals surface area (Å²) in [6.07, 6.45) is -0.294. The molecule has 0 aliphatic carbocycles. The first kappa shape index (κ1) is 17.2. The van der Waals surface area contributed by atoms with E-state index < -0.39 is 17.1 Å². The zero-order valence-electron chi connectivity index (χ0n) is 13.5. The molecule has 2 amide bonds. The van der Waals surface area contributed by atoms with Crippen molar-refractivity contribution in [2.24, 2.45) is 5.92 Å². The lowest BCUT2D eigenvalue weighted by Crippen LogP contribution is -2.42. The minimum atomic E-state index is -0.676. The fourth-order valence-corrected chi connectivity index (χ4v) is 3.36. The molecule has 0 bridgehead atoms. The molecule has 3 atom stereocenters. The maximum absolute atomic E-state index is 12.4. The van der Waals surface area contributed by atoms with Gasteiger partial charge in [-0.2, -0.15) is 0 Å². The largest absolute Gasteiger partial charge is 0.445 e. The van der Waals surface area contributed by atoms with Crippen molar-refractivity contribution in [1.29, 1.82) is 0 Å². The van der Waals surface area contributed by atoms with E-state index in [1.807, 2.05) is 0 Å². The number of hydrogen-bond acceptors (Lipinski definition) is 6. The molecule has 2 saturated heterocycles. The van der Waals surface area contributed by atoms with E-state index in [4.69, 9.17) is 4.74 Å². The van der Waals surface area contributed by atoms with Gasteiger partial charge in [0, 0.05) is 24.7 Å². The van der Waals surface area contributed by atoms with E-state index in [2.05, 4.69) is 5.32 Å². The maximum Gasteiger partial charge on any atom is 0.410 e. The number of hydrogen-bond donors (Lipinski definition) is 2. The molecule has 9 heteroatoms. The highest BCUT2D eigenvalue weighted by Gasteiger charge is 2.44. The van der Waals surface area contributed by atoms with Crippen molar-refractivity contribution < 1.29 is 24.4 Å². The molecule has 0 radical (unpaired) electrons. The summed E-state index contributed by atoms with van der Waals surface area (Å²) in [7, 11) is 0. The topological polar surface area (TPSA) is 122 Å². The number of ether oxygens (including phenoxy) is 1. The SMILES string of the molecule is O=C1NCCC1[C@@H]1C[C@@H](O)CN1C(=O)OCc1ccc([N+](=O)[O-])cc1. The fourth-order valence-electron chi connectivity index (χ4n) is 3.36. The van der Waals surface area contributed by atoms with Crippen LogP contribution in [-0.2, 0) is 16.1 Å². The maximum atomic E-state index is 12.4. The van der Waals surface area contributed by atoms with Crippen molar-refractivity contribution in [3.63, 3.8) is 0 Å². The van der Waals surface area contributed by atoms with Gasteiger partial charge >= 0.3 is 6.09 Å². The summed E-state index contributed by atoms with van der Waals surface area (Å²) >= 11 is 0. The number of nitro benzene ring substituents is 1. The van der Waals surface area contributed by atoms with Crippen LogP contribution in [0.4, 0.5) is 10.5 Å². The lowest BCUT2D eigenvalue weighted by Gasteiger charge is -2.26. The first-order valence-electron chi connectivity index (χ1n) is 8.08. The molecule has 1 aromatic carbocycles. The molecule has 1 unspecified atom stereocenters. The number of benzene rings is 1. The van der Waals surface area contributed by atoms with Crippen molar-refractivity contribution >= 4 is 17.7 Å². The Labute approximate surface area is 143 Å². The van der Waals surface area contributed by atoms with Crippen LogP contribution in [0.15, 0.2) is 24.3 Å². The molecule has 2 N–H and O–H groups in total. The van der Waals surface area contributed by atoms with E-state index >= 15 is 0 Å². The standard InChI is InChI=1S/C16H19N3O6/c20-12-7-14(13-5-6-17-15(13)21)18(8-12)16(22)25-9-10-1-3-11(4-2-10)19(23)24/h1-4,12-14,20H,5-9H2,(H,17,21)/t12-,13?,14+/m1/s1. The van der Waals surface area contributed by atoms with Gasteiger partial charge in [0.15, 0.2) is 0 Å². The predicted octanol–water partition coefficient (Wildman–Crippen LogP) is 0.803. The van der Waals surface area contributed by atoms with E-state index in [0.29, 0.717) is 24.9 Å². The monoisotopic (exact) mass is 349 g/mol. The summed E-state index contributed by atoms with van der Waals surface area (Å²) < 4.78 is 5.26. The van der Waals surface area contributed by atoms with E-state index in [9.17, 15) is 24.8 Å². The van der Waals surface area contributed by atoms with Gasteiger partial charge in [0.2, 0.25) is 5.91 Å². The van der Waals surface area contributed by atoms with Gasteiger partial charge in [-0.25, -0.2) is 4.79 Å². The average Bonchev–Trinajstić information content (AvgIpc) is 3.18. The lowest BCUT2D eigenvalue weighted by molar-refractivity contribution is -0.384. The third kappa shape index (κ3) is 3.71. The predicted molar refractivity (Wildman–Crippen MR) is 85.5 cm³/mol. The highest BCUT2D eigenvalue weighted by atomic mass is 16.6. The Morgan fingerprint density at radius 3 is 2.72 bits per heavy atom. The number of rotatable bonds is 4. The molecular formula is C16H19N3O6. The van der Waals surface area contributed by atoms with Gasteiger partial charge in [-0.15, -0.1) is 0 Å². The molecule has 134 valence electrons. The average molecular weight is 349 g/mol. The summed E-state index contributed by atoms with van der Waals surface area (Å²) in [5, 5.41) is 23.3. The third-order valence-corrected chi connectivity index (χ3v) is 4.62. The molecular weight excluding hydrogens is 330 g/mol. The Balaban J connectivity index is 1.61. The van der Waals surface area contributed by atoms with Crippen LogP contribution in [0.25, 0.3) is 0 Å². The van der Waals surface area contributed by atoms with Gasteiger partial charge in [0.25, 0.3) is 5.69 Å². The second-order valence-electron chi connectivity index (χ2n) is 6.27. The van der Waals surface area contributed by atoms with Gasteiger partial charge < -0.3 is 20.1 Å². The lowest BCUT2D eigenvalue weighted by atomic mass is 9.96. The number of aliphatic hydroxyl groups excluding tert-OH is 1. The second-order valence-corrected chi connectivity index (χ2v) is 6.27. The van der Waals surface area contributed by atoms with Crippen LogP contribution in [0.2, 0.25) is 0 Å². The van der Waals surface area contributed by atoms with Crippen LogP contribution >= 0.6 is 0 Å². The number of amides is 2. The second kappa shape index (κ2) is 7.06. The van der Waals surface area contributed by atoms with Gasteiger partial charge in [-0.3, -0.25) is 14.9 Å². The van der Waals surface area contributed by atoms with E-state index in [1.165, 1.54) is 29.2 Å². The number of non-ortho nitro benzene ring substituents is 1. The quantitative estimate of drug-likeness (QED) is 0.612. The molecule has 3 rings (SSSR count). The minimum absolute atomic E-state index is 0.0347. The summed E-state index contributed by atoms with van der Waals surface area (Å²) in [5.41, 5.74) is 0.582. The van der Waals surface area contributed by atoms with Crippen molar-refractivity contribution in [1.82, 2.24) is 10.2 Å². The van der Waals surface area contributed by atoms with Crippen LogP contribution in [0, 0.1) is 16.0 Å². The molecule has 0 aromatic heterocycles. The zero-order chi connectivity index (χ0) is 18.0. The molecule has 9 nitrogen and oxygen atoms in total. The third-order valence-electron chi connectivity index (χ3n) is 4.62. The van der Waals surface area contributed by atoms with Gasteiger partial charge in [0.05, 0.1) is 23.5 Å². The number of aliphatic hydroxyl groups is 1. The van der Waals surface area contributed by atoms with Gasteiger partial charge in [-0.05, 0) is 30.5 Å². The van der Waals surface area contributed by atoms with Crippen molar-refractivity contribution in [2.45, 2.75) is 31.6 Å². The Morgan fingerprint density at radius 2 is 2.12 bits per heavy atom. The first-order chi connectivity index (χ1) is 12.0. The Hall–Kier alpha value is -2.68. The number of β-amino-alcohol motifs (C(OH)–C–C–N with tert-alkyl or cyclic N) is 1. The Bertz CT molecular complexity index is 677. The summed E-state index contributed by atoms with van der Waals surface area (Å²) in [5.74, 6) is -0.434. The summed E-state index contributed by atoms with van der Waals surface area (Å²) in [6, 6.07) is 5.35. The number of likely N-dealkylation sites (tertiary alicyclic amines) is 1.